The van der Waals surface area contributed by atoms with Crippen LogP contribution < -0.4 is 11.1 Å². The number of hydrogen-bond donors (Lipinski definition) is 3. The molecule has 7 nitrogen and oxygen atoms in total. The monoisotopic (exact) mass is 313 g/mol. The van der Waals surface area contributed by atoms with Crippen LogP contribution in [0.3, 0.4) is 0 Å². The first kappa shape index (κ1) is 15.5. The second-order valence-electron chi connectivity index (χ2n) is 5.68. The van der Waals surface area contributed by atoms with Gasteiger partial charge in [0.2, 0.25) is 0 Å². The summed E-state index contributed by atoms with van der Waals surface area (Å²) in [6, 6.07) is 4.15. The van der Waals surface area contributed by atoms with Gasteiger partial charge in [0, 0.05) is 17.6 Å². The van der Waals surface area contributed by atoms with Crippen LogP contribution in [0.2, 0.25) is 0 Å². The molecule has 0 saturated carbocycles. The van der Waals surface area contributed by atoms with Gasteiger partial charge in [-0.05, 0) is 31.5 Å². The highest BCUT2D eigenvalue weighted by atomic mass is 15.2. The molecule has 0 bridgehead atoms. The van der Waals surface area contributed by atoms with E-state index in [1.807, 2.05) is 16.8 Å². The van der Waals surface area contributed by atoms with Crippen LogP contribution in [0.25, 0.3) is 16.6 Å². The second kappa shape index (κ2) is 7.73. The van der Waals surface area contributed by atoms with Gasteiger partial charge < -0.3 is 11.1 Å². The van der Waals surface area contributed by atoms with Crippen molar-refractivity contribution in [1.82, 2.24) is 25.0 Å². The number of nitrogens with two attached hydrogens (primary N) is 1. The molecule has 7 heteroatoms. The Hall–Kier alpha value is -2.41. The summed E-state index contributed by atoms with van der Waals surface area (Å²) in [5.41, 5.74) is 8.61. The summed E-state index contributed by atoms with van der Waals surface area (Å²) in [7, 11) is 0. The van der Waals surface area contributed by atoms with Crippen molar-refractivity contribution >= 4 is 16.6 Å². The summed E-state index contributed by atoms with van der Waals surface area (Å²) in [4.78, 5) is 0. The Labute approximate surface area is 135 Å². The predicted octanol–water partition coefficient (Wildman–Crippen LogP) is 2.46. The zero-order chi connectivity index (χ0) is 15.9. The third-order valence-corrected chi connectivity index (χ3v) is 3.96. The van der Waals surface area contributed by atoms with Gasteiger partial charge in [0.25, 0.3) is 0 Å². The summed E-state index contributed by atoms with van der Waals surface area (Å²) in [6.45, 7) is 1.75. The van der Waals surface area contributed by atoms with Gasteiger partial charge in [-0.15, -0.1) is 10.2 Å². The maximum absolute atomic E-state index is 5.51. The Bertz CT molecular complexity index is 717. The molecule has 23 heavy (non-hydrogen) atoms. The highest BCUT2D eigenvalue weighted by Crippen LogP contribution is 2.25. The van der Waals surface area contributed by atoms with Crippen molar-refractivity contribution in [3.63, 3.8) is 0 Å². The van der Waals surface area contributed by atoms with Gasteiger partial charge in [-0.2, -0.15) is 5.10 Å². The van der Waals surface area contributed by atoms with Crippen molar-refractivity contribution in [2.24, 2.45) is 5.73 Å². The molecule has 0 spiro atoms. The molecule has 1 aromatic carbocycles. The zero-order valence-electron chi connectivity index (χ0n) is 13.2. The summed E-state index contributed by atoms with van der Waals surface area (Å²) in [5, 5.41) is 19.5. The van der Waals surface area contributed by atoms with Crippen LogP contribution in [0.1, 0.15) is 32.1 Å². The molecule has 2 aromatic heterocycles. The van der Waals surface area contributed by atoms with Crippen molar-refractivity contribution in [3.05, 3.63) is 31.0 Å². The third-order valence-electron chi connectivity index (χ3n) is 3.96. The fourth-order valence-electron chi connectivity index (χ4n) is 2.69. The van der Waals surface area contributed by atoms with E-state index in [-0.39, 0.29) is 0 Å². The van der Waals surface area contributed by atoms with E-state index >= 15 is 0 Å². The number of unbranched alkanes of at least 4 members (excludes halogenated alkanes) is 4. The first-order valence-corrected chi connectivity index (χ1v) is 8.14. The van der Waals surface area contributed by atoms with E-state index in [1.54, 1.807) is 12.7 Å². The first-order chi connectivity index (χ1) is 11.4. The lowest BCUT2D eigenvalue weighted by Crippen LogP contribution is -2.03. The molecule has 3 rings (SSSR count). The number of rotatable bonds is 9. The fraction of sp³-hybridized carbons (Fsp3) is 0.438. The largest absolute Gasteiger partial charge is 0.384 e. The summed E-state index contributed by atoms with van der Waals surface area (Å²) in [5.74, 6) is 0. The Balaban J connectivity index is 1.64. The molecule has 0 saturated heterocycles. The standard InChI is InChI=1S/C16H23N7/c17-6-4-2-1-3-5-7-18-15-8-13(23-11-20-21-12-23)9-16-14(15)10-19-22-16/h8-12,18H,1-7,17H2,(H,19,22). The molecule has 0 unspecified atom stereocenters. The van der Waals surface area contributed by atoms with E-state index in [1.165, 1.54) is 19.3 Å². The van der Waals surface area contributed by atoms with E-state index in [9.17, 15) is 0 Å². The average Bonchev–Trinajstić information content (AvgIpc) is 3.24. The van der Waals surface area contributed by atoms with Crippen LogP contribution in [-0.2, 0) is 0 Å². The van der Waals surface area contributed by atoms with E-state index in [0.29, 0.717) is 0 Å². The minimum Gasteiger partial charge on any atom is -0.384 e. The molecule has 2 heterocycles. The number of nitrogens with one attached hydrogen (secondary N) is 2. The molecule has 0 amide bonds. The number of aromatic amines is 1. The van der Waals surface area contributed by atoms with Crippen LogP contribution in [0.5, 0.6) is 0 Å². The molecule has 0 aliphatic heterocycles. The number of H-pyrrole nitrogens is 1. The SMILES string of the molecule is NCCCCCCCNc1cc(-n2cnnc2)cc2[nH]ncc12. The van der Waals surface area contributed by atoms with E-state index in [2.05, 4.69) is 31.8 Å². The van der Waals surface area contributed by atoms with E-state index in [0.717, 1.165) is 48.2 Å². The van der Waals surface area contributed by atoms with Crippen molar-refractivity contribution in [2.45, 2.75) is 32.1 Å². The highest BCUT2D eigenvalue weighted by molar-refractivity contribution is 5.93. The quantitative estimate of drug-likeness (QED) is 0.527. The molecule has 0 aliphatic rings. The van der Waals surface area contributed by atoms with Gasteiger partial charge in [-0.25, -0.2) is 0 Å². The lowest BCUT2D eigenvalue weighted by molar-refractivity contribution is 0.629. The minimum absolute atomic E-state index is 0.798. The summed E-state index contributed by atoms with van der Waals surface area (Å²) >= 11 is 0. The van der Waals surface area contributed by atoms with Crippen LogP contribution in [0.4, 0.5) is 5.69 Å². The predicted molar refractivity (Wildman–Crippen MR) is 91.6 cm³/mol. The number of anilines is 1. The van der Waals surface area contributed by atoms with Crippen molar-refractivity contribution in [2.75, 3.05) is 18.4 Å². The number of hydrogen-bond acceptors (Lipinski definition) is 5. The van der Waals surface area contributed by atoms with Gasteiger partial charge in [-0.1, -0.05) is 19.3 Å². The van der Waals surface area contributed by atoms with Crippen LogP contribution >= 0.6 is 0 Å². The van der Waals surface area contributed by atoms with Gasteiger partial charge in [0.1, 0.15) is 12.7 Å². The van der Waals surface area contributed by atoms with Gasteiger partial charge in [0.05, 0.1) is 17.4 Å². The molecule has 0 aliphatic carbocycles. The maximum Gasteiger partial charge on any atom is 0.123 e. The summed E-state index contributed by atoms with van der Waals surface area (Å²) < 4.78 is 1.89. The minimum atomic E-state index is 0.798. The van der Waals surface area contributed by atoms with Gasteiger partial charge >= 0.3 is 0 Å². The third kappa shape index (κ3) is 3.87. The van der Waals surface area contributed by atoms with Gasteiger partial charge in [0.15, 0.2) is 0 Å². The lowest BCUT2D eigenvalue weighted by atomic mass is 10.1. The topological polar surface area (TPSA) is 97.4 Å². The second-order valence-corrected chi connectivity index (χ2v) is 5.68. The number of fused-ring (bicyclic) bond motifs is 1. The Morgan fingerprint density at radius 3 is 2.65 bits per heavy atom. The number of nitrogens with zero attached hydrogens (tertiary/aromatic N) is 4. The Morgan fingerprint density at radius 2 is 1.83 bits per heavy atom. The normalized spacial score (nSPS) is 11.2. The molecule has 0 atom stereocenters. The van der Waals surface area contributed by atoms with Crippen molar-refractivity contribution in [1.29, 1.82) is 0 Å². The van der Waals surface area contributed by atoms with Crippen LogP contribution in [0.15, 0.2) is 31.0 Å². The highest BCUT2D eigenvalue weighted by Gasteiger charge is 2.07. The Kier molecular flexibility index (Phi) is 5.21. The van der Waals surface area contributed by atoms with E-state index in [4.69, 9.17) is 5.73 Å². The molecule has 3 aromatic rings. The van der Waals surface area contributed by atoms with Crippen molar-refractivity contribution in [3.8, 4) is 5.69 Å². The van der Waals surface area contributed by atoms with Crippen LogP contribution in [-0.4, -0.2) is 38.1 Å². The lowest BCUT2D eigenvalue weighted by Gasteiger charge is -2.10. The van der Waals surface area contributed by atoms with Crippen LogP contribution in [0, 0.1) is 0 Å². The van der Waals surface area contributed by atoms with Crippen molar-refractivity contribution < 1.29 is 0 Å². The Morgan fingerprint density at radius 1 is 1.04 bits per heavy atom. The average molecular weight is 313 g/mol. The first-order valence-electron chi connectivity index (χ1n) is 8.14. The zero-order valence-corrected chi connectivity index (χ0v) is 13.2. The molecule has 4 N–H and O–H groups in total. The number of aromatic nitrogens is 5. The molecular formula is C16H23N7. The summed E-state index contributed by atoms with van der Waals surface area (Å²) in [6.07, 6.45) is 11.2. The molecule has 0 fully saturated rings. The maximum atomic E-state index is 5.51. The number of benzene rings is 1. The fourth-order valence-corrected chi connectivity index (χ4v) is 2.69. The van der Waals surface area contributed by atoms with Gasteiger partial charge in [-0.3, -0.25) is 9.67 Å². The van der Waals surface area contributed by atoms with E-state index < -0.39 is 0 Å². The molecule has 0 radical (unpaired) electrons. The molecular weight excluding hydrogens is 290 g/mol. The smallest absolute Gasteiger partial charge is 0.123 e. The molecule has 122 valence electrons.